The molecule has 6 nitrogen and oxygen atoms in total. The lowest BCUT2D eigenvalue weighted by Gasteiger charge is -2.22. The molecule has 1 fully saturated rings. The molecule has 0 radical (unpaired) electrons. The van der Waals surface area contributed by atoms with Crippen molar-refractivity contribution in [1.29, 1.82) is 0 Å². The third kappa shape index (κ3) is 2.95. The minimum Gasteiger partial charge on any atom is -0.284 e. The third-order valence-corrected chi connectivity index (χ3v) is 3.54. The first kappa shape index (κ1) is 15.2. The van der Waals surface area contributed by atoms with E-state index < -0.39 is 17.8 Å². The summed E-state index contributed by atoms with van der Waals surface area (Å²) in [5, 5.41) is 0. The van der Waals surface area contributed by atoms with Gasteiger partial charge in [0.1, 0.15) is 0 Å². The zero-order valence-electron chi connectivity index (χ0n) is 12.5. The van der Waals surface area contributed by atoms with Crippen LogP contribution in [0.3, 0.4) is 0 Å². The van der Waals surface area contributed by atoms with Gasteiger partial charge >= 0.3 is 17.8 Å². The van der Waals surface area contributed by atoms with Gasteiger partial charge in [-0.25, -0.2) is 9.69 Å². The van der Waals surface area contributed by atoms with Gasteiger partial charge in [0, 0.05) is 13.1 Å². The van der Waals surface area contributed by atoms with Crippen molar-refractivity contribution in [3.63, 3.8) is 0 Å². The Morgan fingerprint density at radius 2 is 1.67 bits per heavy atom. The molecule has 1 heterocycles. The highest BCUT2D eigenvalue weighted by atomic mass is 16.2. The minimum absolute atomic E-state index is 0.105. The van der Waals surface area contributed by atoms with Crippen LogP contribution in [0.2, 0.25) is 0 Å². The monoisotopic (exact) mass is 289 g/mol. The fraction of sp³-hybridized carbons (Fsp3) is 0.400. The molecule has 1 saturated heterocycles. The van der Waals surface area contributed by atoms with Crippen LogP contribution in [0, 0.1) is 6.92 Å². The van der Waals surface area contributed by atoms with Crippen LogP contribution < -0.4 is 0 Å². The van der Waals surface area contributed by atoms with Crippen LogP contribution in [0.1, 0.15) is 18.1 Å². The van der Waals surface area contributed by atoms with Gasteiger partial charge in [-0.2, -0.15) is 0 Å². The van der Waals surface area contributed by atoms with Crippen molar-refractivity contribution >= 4 is 17.8 Å². The van der Waals surface area contributed by atoms with E-state index in [9.17, 15) is 14.4 Å². The van der Waals surface area contributed by atoms with Gasteiger partial charge in [0.2, 0.25) is 0 Å². The first-order valence-electron chi connectivity index (χ1n) is 6.86. The summed E-state index contributed by atoms with van der Waals surface area (Å²) in [5.41, 5.74) is 2.27. The van der Waals surface area contributed by atoms with Crippen LogP contribution in [0.25, 0.3) is 0 Å². The van der Waals surface area contributed by atoms with E-state index in [1.54, 1.807) is 6.92 Å². The van der Waals surface area contributed by atoms with Gasteiger partial charge in [0.15, 0.2) is 0 Å². The van der Waals surface area contributed by atoms with E-state index in [4.69, 9.17) is 0 Å². The van der Waals surface area contributed by atoms with E-state index in [0.717, 1.165) is 20.9 Å². The standard InChI is InChI=1S/C15H19N3O3/c1-4-17-13(19)14(20)18(15(17)21)10-16(3)9-12-8-6-5-7-11(12)2/h5-8H,4,9-10H2,1-3H3. The second-order valence-electron chi connectivity index (χ2n) is 5.15. The van der Waals surface area contributed by atoms with Crippen molar-refractivity contribution in [2.24, 2.45) is 0 Å². The zero-order chi connectivity index (χ0) is 15.6. The molecule has 2 rings (SSSR count). The fourth-order valence-corrected chi connectivity index (χ4v) is 2.32. The minimum atomic E-state index is -0.751. The Morgan fingerprint density at radius 3 is 2.24 bits per heavy atom. The van der Waals surface area contributed by atoms with Crippen LogP contribution in [0.5, 0.6) is 0 Å². The van der Waals surface area contributed by atoms with Crippen LogP contribution >= 0.6 is 0 Å². The number of hydrogen-bond acceptors (Lipinski definition) is 4. The van der Waals surface area contributed by atoms with Crippen LogP contribution in [0.15, 0.2) is 24.3 Å². The van der Waals surface area contributed by atoms with Crippen molar-refractivity contribution in [1.82, 2.24) is 14.7 Å². The molecule has 21 heavy (non-hydrogen) atoms. The van der Waals surface area contributed by atoms with Crippen molar-refractivity contribution in [2.45, 2.75) is 20.4 Å². The Balaban J connectivity index is 2.05. The quantitative estimate of drug-likeness (QED) is 0.603. The summed E-state index contributed by atoms with van der Waals surface area (Å²) in [6, 6.07) is 7.39. The van der Waals surface area contributed by atoms with E-state index in [0.29, 0.717) is 6.54 Å². The number of nitrogens with zero attached hydrogens (tertiary/aromatic N) is 3. The molecule has 0 aliphatic carbocycles. The number of imide groups is 2. The van der Waals surface area contributed by atoms with Gasteiger partial charge in [-0.15, -0.1) is 0 Å². The largest absolute Gasteiger partial charge is 0.335 e. The molecule has 1 aromatic carbocycles. The smallest absolute Gasteiger partial charge is 0.284 e. The number of carbonyl (C=O) groups is 3. The first-order chi connectivity index (χ1) is 9.95. The molecule has 1 aliphatic heterocycles. The highest BCUT2D eigenvalue weighted by molar-refractivity contribution is 6.44. The molecule has 4 amide bonds. The predicted octanol–water partition coefficient (Wildman–Crippen LogP) is 1.20. The first-order valence-corrected chi connectivity index (χ1v) is 6.86. The van der Waals surface area contributed by atoms with Crippen molar-refractivity contribution in [3.8, 4) is 0 Å². The molecule has 0 N–H and O–H groups in total. The summed E-state index contributed by atoms with van der Waals surface area (Å²) in [6.07, 6.45) is 0. The van der Waals surface area contributed by atoms with Crippen LogP contribution in [-0.2, 0) is 16.1 Å². The Morgan fingerprint density at radius 1 is 1.05 bits per heavy atom. The molecular formula is C15H19N3O3. The van der Waals surface area contributed by atoms with E-state index in [1.807, 2.05) is 43.1 Å². The van der Waals surface area contributed by atoms with Gasteiger partial charge < -0.3 is 0 Å². The number of carbonyl (C=O) groups excluding carboxylic acids is 3. The van der Waals surface area contributed by atoms with Gasteiger partial charge in [-0.1, -0.05) is 24.3 Å². The van der Waals surface area contributed by atoms with Crippen molar-refractivity contribution in [3.05, 3.63) is 35.4 Å². The lowest BCUT2D eigenvalue weighted by atomic mass is 10.1. The van der Waals surface area contributed by atoms with Gasteiger partial charge in [0.25, 0.3) is 0 Å². The average Bonchev–Trinajstić information content (AvgIpc) is 2.65. The fourth-order valence-electron chi connectivity index (χ4n) is 2.32. The summed E-state index contributed by atoms with van der Waals surface area (Å²) < 4.78 is 0. The Labute approximate surface area is 123 Å². The number of urea groups is 1. The highest BCUT2D eigenvalue weighted by Gasteiger charge is 2.43. The van der Waals surface area contributed by atoms with E-state index >= 15 is 0 Å². The second-order valence-corrected chi connectivity index (χ2v) is 5.15. The molecule has 0 aromatic heterocycles. The van der Waals surface area contributed by atoms with Gasteiger partial charge in [0.05, 0.1) is 6.67 Å². The Kier molecular flexibility index (Phi) is 4.37. The lowest BCUT2D eigenvalue weighted by molar-refractivity contribution is -0.143. The highest BCUT2D eigenvalue weighted by Crippen LogP contribution is 2.14. The topological polar surface area (TPSA) is 60.9 Å². The molecular weight excluding hydrogens is 270 g/mol. The average molecular weight is 289 g/mol. The van der Waals surface area contributed by atoms with Crippen LogP contribution in [-0.4, -0.2) is 52.8 Å². The number of rotatable bonds is 5. The molecule has 0 spiro atoms. The van der Waals surface area contributed by atoms with Crippen molar-refractivity contribution < 1.29 is 14.4 Å². The maximum Gasteiger partial charge on any atom is 0.335 e. The summed E-state index contributed by atoms with van der Waals surface area (Å²) in [7, 11) is 1.81. The Bertz CT molecular complexity index is 585. The molecule has 1 aromatic rings. The predicted molar refractivity (Wildman–Crippen MR) is 77.1 cm³/mol. The van der Waals surface area contributed by atoms with E-state index in [-0.39, 0.29) is 13.2 Å². The lowest BCUT2D eigenvalue weighted by Crippen LogP contribution is -2.40. The summed E-state index contributed by atoms with van der Waals surface area (Å²) in [5.74, 6) is -1.50. The molecule has 1 aliphatic rings. The third-order valence-electron chi connectivity index (χ3n) is 3.54. The molecule has 0 unspecified atom stereocenters. The molecule has 0 atom stereocenters. The van der Waals surface area contributed by atoms with E-state index in [1.165, 1.54) is 0 Å². The van der Waals surface area contributed by atoms with Crippen molar-refractivity contribution in [2.75, 3.05) is 20.3 Å². The maximum absolute atomic E-state index is 12.0. The summed E-state index contributed by atoms with van der Waals surface area (Å²) >= 11 is 0. The number of likely N-dealkylation sites (N-methyl/N-ethyl adjacent to an activating group) is 1. The van der Waals surface area contributed by atoms with Crippen LogP contribution in [0.4, 0.5) is 4.79 Å². The second kappa shape index (κ2) is 6.05. The number of amides is 4. The summed E-state index contributed by atoms with van der Waals surface area (Å²) in [6.45, 7) is 4.60. The van der Waals surface area contributed by atoms with Gasteiger partial charge in [-0.05, 0) is 32.0 Å². The molecule has 0 saturated carbocycles. The number of benzene rings is 1. The molecule has 112 valence electrons. The zero-order valence-corrected chi connectivity index (χ0v) is 12.5. The number of hydrogen-bond donors (Lipinski definition) is 0. The molecule has 0 bridgehead atoms. The Hall–Kier alpha value is -2.21. The number of aryl methyl sites for hydroxylation is 1. The maximum atomic E-state index is 12.0. The van der Waals surface area contributed by atoms with E-state index in [2.05, 4.69) is 0 Å². The molecule has 6 heteroatoms. The normalized spacial score (nSPS) is 15.5. The summed E-state index contributed by atoms with van der Waals surface area (Å²) in [4.78, 5) is 39.3. The SMILES string of the molecule is CCN1C(=O)C(=O)N(CN(C)Cc2ccccc2C)C1=O. The van der Waals surface area contributed by atoms with Gasteiger partial charge in [-0.3, -0.25) is 19.4 Å².